The molecular weight excluding hydrogens is 282 g/mol. The van der Waals surface area contributed by atoms with E-state index in [0.29, 0.717) is 0 Å². The summed E-state index contributed by atoms with van der Waals surface area (Å²) in [4.78, 5) is 10.9. The average molecular weight is 307 g/mol. The molecule has 0 aromatic heterocycles. The Labute approximate surface area is 131 Å². The van der Waals surface area contributed by atoms with Gasteiger partial charge in [-0.25, -0.2) is 9.78 Å². The summed E-state index contributed by atoms with van der Waals surface area (Å²) in [6, 6.07) is 4.15. The molecule has 2 atom stereocenters. The van der Waals surface area contributed by atoms with Gasteiger partial charge in [0.15, 0.2) is 12.5 Å². The second-order valence-electron chi connectivity index (χ2n) is 6.89. The van der Waals surface area contributed by atoms with Crippen molar-refractivity contribution in [2.75, 3.05) is 11.9 Å². The molecule has 5 heteroatoms. The third-order valence-electron chi connectivity index (χ3n) is 4.18. The van der Waals surface area contributed by atoms with Crippen molar-refractivity contribution in [3.8, 4) is 5.75 Å². The molecule has 22 heavy (non-hydrogen) atoms. The van der Waals surface area contributed by atoms with Gasteiger partial charge in [-0.3, -0.25) is 0 Å². The largest absolute Gasteiger partial charge is 0.491 e. The van der Waals surface area contributed by atoms with Crippen molar-refractivity contribution in [2.45, 2.75) is 59.2 Å². The summed E-state index contributed by atoms with van der Waals surface area (Å²) >= 11 is 0. The van der Waals surface area contributed by atoms with E-state index in [2.05, 4.69) is 18.3 Å². The third kappa shape index (κ3) is 2.81. The van der Waals surface area contributed by atoms with Gasteiger partial charge in [0.2, 0.25) is 0 Å². The van der Waals surface area contributed by atoms with Crippen LogP contribution in [0.2, 0.25) is 0 Å². The molecule has 2 aliphatic rings. The van der Waals surface area contributed by atoms with Crippen molar-refractivity contribution in [2.24, 2.45) is 5.92 Å². The number of aryl methyl sites for hydroxylation is 1. The van der Waals surface area contributed by atoms with Gasteiger partial charge in [-0.1, -0.05) is 19.9 Å². The van der Waals surface area contributed by atoms with Crippen molar-refractivity contribution in [1.29, 1.82) is 0 Å². The highest BCUT2D eigenvalue weighted by Crippen LogP contribution is 2.38. The summed E-state index contributed by atoms with van der Waals surface area (Å²) < 4.78 is 11.8. The fourth-order valence-electron chi connectivity index (χ4n) is 2.72. The molecule has 0 bridgehead atoms. The van der Waals surface area contributed by atoms with E-state index >= 15 is 0 Å². The lowest BCUT2D eigenvalue weighted by Crippen LogP contribution is -2.54. The zero-order valence-corrected chi connectivity index (χ0v) is 13.9. The van der Waals surface area contributed by atoms with Gasteiger partial charge >= 0.3 is 0 Å². The van der Waals surface area contributed by atoms with Gasteiger partial charge in [-0.2, -0.15) is 0 Å². The Hall–Kier alpha value is -1.30. The first-order valence-corrected chi connectivity index (χ1v) is 7.90. The standard InChI is InChI=1S/C17H25NO4/c1-10(2)15-20-16(17(4,5)22-21-15)18-13-7-6-11(3)12-8-9-19-14(12)13/h6-7,10,15-16,18H,8-9H2,1-5H3. The number of rotatable bonds is 3. The fraction of sp³-hybridized carbons (Fsp3) is 0.647. The first-order chi connectivity index (χ1) is 10.4. The van der Waals surface area contributed by atoms with Crippen LogP contribution < -0.4 is 10.1 Å². The molecule has 0 spiro atoms. The number of anilines is 1. The highest BCUT2D eigenvalue weighted by Gasteiger charge is 2.42. The van der Waals surface area contributed by atoms with Gasteiger partial charge in [0.25, 0.3) is 0 Å². The summed E-state index contributed by atoms with van der Waals surface area (Å²) in [7, 11) is 0. The molecule has 1 aromatic rings. The lowest BCUT2D eigenvalue weighted by Gasteiger charge is -2.42. The quantitative estimate of drug-likeness (QED) is 0.867. The maximum Gasteiger partial charge on any atom is 0.196 e. The minimum absolute atomic E-state index is 0.209. The molecule has 2 heterocycles. The molecular formula is C17H25NO4. The van der Waals surface area contributed by atoms with Crippen molar-refractivity contribution in [3.63, 3.8) is 0 Å². The third-order valence-corrected chi connectivity index (χ3v) is 4.18. The number of benzene rings is 1. The Balaban J connectivity index is 1.83. The lowest BCUT2D eigenvalue weighted by molar-refractivity contribution is -0.485. The molecule has 0 aliphatic carbocycles. The SMILES string of the molecule is Cc1ccc(NC2OC(C(C)C)OOC2(C)C)c2c1CCO2. The summed E-state index contributed by atoms with van der Waals surface area (Å²) in [6.07, 6.45) is 0.259. The van der Waals surface area contributed by atoms with Crippen LogP contribution in [0.4, 0.5) is 5.69 Å². The predicted octanol–water partition coefficient (Wildman–Crippen LogP) is 3.41. The monoisotopic (exact) mass is 307 g/mol. The Bertz CT molecular complexity index is 556. The van der Waals surface area contributed by atoms with Gasteiger partial charge in [0.1, 0.15) is 11.4 Å². The molecule has 3 rings (SSSR count). The maximum absolute atomic E-state index is 6.04. The van der Waals surface area contributed by atoms with Crippen molar-refractivity contribution < 1.29 is 19.2 Å². The first kappa shape index (κ1) is 15.6. The average Bonchev–Trinajstić information content (AvgIpc) is 2.94. The van der Waals surface area contributed by atoms with Gasteiger partial charge in [0, 0.05) is 17.9 Å². The highest BCUT2D eigenvalue weighted by atomic mass is 17.2. The van der Waals surface area contributed by atoms with Gasteiger partial charge < -0.3 is 14.8 Å². The van der Waals surface area contributed by atoms with E-state index in [9.17, 15) is 0 Å². The predicted molar refractivity (Wildman–Crippen MR) is 83.7 cm³/mol. The summed E-state index contributed by atoms with van der Waals surface area (Å²) in [5, 5.41) is 3.43. The van der Waals surface area contributed by atoms with Crippen LogP contribution in [-0.2, 0) is 20.9 Å². The van der Waals surface area contributed by atoms with Crippen LogP contribution in [-0.4, -0.2) is 24.7 Å². The van der Waals surface area contributed by atoms with Crippen LogP contribution in [0.15, 0.2) is 12.1 Å². The van der Waals surface area contributed by atoms with Crippen LogP contribution in [0.25, 0.3) is 0 Å². The molecule has 122 valence electrons. The van der Waals surface area contributed by atoms with E-state index in [-0.39, 0.29) is 18.4 Å². The zero-order chi connectivity index (χ0) is 15.9. The van der Waals surface area contributed by atoms with E-state index in [1.54, 1.807) is 0 Å². The molecule has 5 nitrogen and oxygen atoms in total. The second-order valence-corrected chi connectivity index (χ2v) is 6.89. The van der Waals surface area contributed by atoms with Crippen LogP contribution >= 0.6 is 0 Å². The summed E-state index contributed by atoms with van der Waals surface area (Å²) in [5.74, 6) is 1.15. The van der Waals surface area contributed by atoms with Crippen LogP contribution in [0.1, 0.15) is 38.8 Å². The van der Waals surface area contributed by atoms with E-state index in [1.165, 1.54) is 11.1 Å². The Morgan fingerprint density at radius 3 is 2.77 bits per heavy atom. The zero-order valence-electron chi connectivity index (χ0n) is 13.9. The molecule has 0 radical (unpaired) electrons. The van der Waals surface area contributed by atoms with E-state index in [0.717, 1.165) is 24.5 Å². The Morgan fingerprint density at radius 2 is 2.05 bits per heavy atom. The fourth-order valence-corrected chi connectivity index (χ4v) is 2.72. The Morgan fingerprint density at radius 1 is 1.27 bits per heavy atom. The minimum Gasteiger partial charge on any atom is -0.491 e. The number of fused-ring (bicyclic) bond motifs is 1. The number of nitrogens with one attached hydrogen (secondary N) is 1. The van der Waals surface area contributed by atoms with Crippen molar-refractivity contribution in [1.82, 2.24) is 0 Å². The smallest absolute Gasteiger partial charge is 0.196 e. The summed E-state index contributed by atoms with van der Waals surface area (Å²) in [5.41, 5.74) is 2.89. The molecule has 0 saturated carbocycles. The van der Waals surface area contributed by atoms with Crippen LogP contribution in [0.3, 0.4) is 0 Å². The molecule has 1 saturated heterocycles. The van der Waals surface area contributed by atoms with Gasteiger partial charge in [-0.15, -0.1) is 0 Å². The summed E-state index contributed by atoms with van der Waals surface area (Å²) in [6.45, 7) is 10.8. The molecule has 1 N–H and O–H groups in total. The van der Waals surface area contributed by atoms with Gasteiger partial charge in [0.05, 0.1) is 12.3 Å². The molecule has 2 aliphatic heterocycles. The normalized spacial score (nSPS) is 26.6. The van der Waals surface area contributed by atoms with Crippen molar-refractivity contribution in [3.05, 3.63) is 23.3 Å². The van der Waals surface area contributed by atoms with Gasteiger partial charge in [-0.05, 0) is 32.4 Å². The van der Waals surface area contributed by atoms with Crippen LogP contribution in [0.5, 0.6) is 5.75 Å². The molecule has 0 amide bonds. The highest BCUT2D eigenvalue weighted by molar-refractivity contribution is 5.64. The van der Waals surface area contributed by atoms with E-state index < -0.39 is 5.60 Å². The second kappa shape index (κ2) is 5.72. The molecule has 1 aromatic carbocycles. The topological polar surface area (TPSA) is 49.0 Å². The first-order valence-electron chi connectivity index (χ1n) is 7.90. The van der Waals surface area contributed by atoms with E-state index in [4.69, 9.17) is 19.2 Å². The van der Waals surface area contributed by atoms with E-state index in [1.807, 2.05) is 33.8 Å². The molecule has 1 fully saturated rings. The number of hydrogen-bond donors (Lipinski definition) is 1. The number of hydrogen-bond acceptors (Lipinski definition) is 5. The van der Waals surface area contributed by atoms with Crippen molar-refractivity contribution >= 4 is 5.69 Å². The minimum atomic E-state index is -0.595. The van der Waals surface area contributed by atoms with Crippen LogP contribution in [0, 0.1) is 12.8 Å². The number of ether oxygens (including phenoxy) is 2. The lowest BCUT2D eigenvalue weighted by atomic mass is 10.0. The molecule has 2 unspecified atom stereocenters. The Kier molecular flexibility index (Phi) is 4.05. The maximum atomic E-state index is 6.04.